The van der Waals surface area contributed by atoms with Crippen LogP contribution in [0.4, 0.5) is 5.69 Å². The minimum atomic E-state index is -0.657. The normalized spacial score (nSPS) is 20.2. The van der Waals surface area contributed by atoms with Crippen LogP contribution in [0.5, 0.6) is 5.75 Å². The van der Waals surface area contributed by atoms with Gasteiger partial charge in [-0.05, 0) is 68.9 Å². The summed E-state index contributed by atoms with van der Waals surface area (Å²) < 4.78 is 28.8. The number of hydrogen-bond donors (Lipinski definition) is 2. The Kier molecular flexibility index (Phi) is 14.1. The van der Waals surface area contributed by atoms with Crippen molar-refractivity contribution in [2.45, 2.75) is 89.8 Å². The number of carbonyl (C=O) groups is 2. The van der Waals surface area contributed by atoms with Gasteiger partial charge in [-0.2, -0.15) is 0 Å². The third kappa shape index (κ3) is 10.6. The SMILES string of the molecule is COCCCN1CCOc2ccc(CO[C@H]3CN(C(=O)[C@H](C)N)[C@@H](CC(C)(C)NC(C)=O)C[C@@H]3c3ccc(COCCOC)cc3)cc21. The maximum Gasteiger partial charge on any atom is 0.239 e. The molecule has 0 unspecified atom stereocenters. The molecule has 3 N–H and O–H groups in total. The van der Waals surface area contributed by atoms with Crippen LogP contribution in [-0.2, 0) is 41.8 Å². The monoisotopic (exact) mass is 668 g/mol. The fraction of sp³-hybridized carbons (Fsp3) is 0.622. The van der Waals surface area contributed by atoms with Crippen molar-refractivity contribution in [3.05, 3.63) is 59.2 Å². The van der Waals surface area contributed by atoms with Crippen molar-refractivity contribution < 1.29 is 33.3 Å². The fourth-order valence-electron chi connectivity index (χ4n) is 6.84. The summed E-state index contributed by atoms with van der Waals surface area (Å²) in [5, 5.41) is 3.06. The summed E-state index contributed by atoms with van der Waals surface area (Å²) in [6.45, 7) is 12.7. The molecule has 0 saturated carbocycles. The highest BCUT2D eigenvalue weighted by Gasteiger charge is 2.42. The molecule has 266 valence electrons. The van der Waals surface area contributed by atoms with Crippen molar-refractivity contribution in [1.82, 2.24) is 10.2 Å². The van der Waals surface area contributed by atoms with Crippen LogP contribution in [0.15, 0.2) is 42.5 Å². The van der Waals surface area contributed by atoms with E-state index < -0.39 is 11.6 Å². The van der Waals surface area contributed by atoms with Gasteiger partial charge in [0.1, 0.15) is 12.4 Å². The number of hydrogen-bond acceptors (Lipinski definition) is 9. The van der Waals surface area contributed by atoms with Crippen molar-refractivity contribution in [2.24, 2.45) is 5.73 Å². The van der Waals surface area contributed by atoms with E-state index in [-0.39, 0.29) is 29.9 Å². The third-order valence-electron chi connectivity index (χ3n) is 9.06. The van der Waals surface area contributed by atoms with E-state index in [2.05, 4.69) is 46.6 Å². The first-order chi connectivity index (χ1) is 23.0. The summed E-state index contributed by atoms with van der Waals surface area (Å²) in [6.07, 6.45) is 1.91. The van der Waals surface area contributed by atoms with E-state index in [0.29, 0.717) is 59.0 Å². The third-order valence-corrected chi connectivity index (χ3v) is 9.06. The zero-order valence-electron chi connectivity index (χ0n) is 29.7. The lowest BCUT2D eigenvalue weighted by Crippen LogP contribution is -2.58. The van der Waals surface area contributed by atoms with E-state index >= 15 is 0 Å². The number of carbonyl (C=O) groups excluding carboxylic acids is 2. The molecule has 11 heteroatoms. The molecule has 0 radical (unpaired) electrons. The molecule has 2 aromatic carbocycles. The molecule has 48 heavy (non-hydrogen) atoms. The maximum absolute atomic E-state index is 13.6. The Morgan fingerprint density at radius 3 is 2.46 bits per heavy atom. The summed E-state index contributed by atoms with van der Waals surface area (Å²) in [5.74, 6) is 0.666. The number of anilines is 1. The number of rotatable bonds is 17. The molecule has 2 aliphatic rings. The average Bonchev–Trinajstić information content (AvgIpc) is 3.05. The largest absolute Gasteiger partial charge is 0.490 e. The van der Waals surface area contributed by atoms with E-state index in [4.69, 9.17) is 29.4 Å². The van der Waals surface area contributed by atoms with Gasteiger partial charge in [-0.3, -0.25) is 9.59 Å². The number of piperidine rings is 1. The minimum absolute atomic E-state index is 0.00946. The molecule has 1 fully saturated rings. The van der Waals surface area contributed by atoms with Crippen LogP contribution in [0.1, 0.15) is 69.6 Å². The molecule has 2 amide bonds. The first-order valence-corrected chi connectivity index (χ1v) is 17.1. The maximum atomic E-state index is 13.6. The van der Waals surface area contributed by atoms with Gasteiger partial charge in [0.2, 0.25) is 11.8 Å². The summed E-state index contributed by atoms with van der Waals surface area (Å²) in [4.78, 5) is 29.8. The van der Waals surface area contributed by atoms with Gasteiger partial charge in [-0.1, -0.05) is 30.3 Å². The second-order valence-electron chi connectivity index (χ2n) is 13.7. The van der Waals surface area contributed by atoms with Crippen LogP contribution in [0.3, 0.4) is 0 Å². The number of methoxy groups -OCH3 is 2. The van der Waals surface area contributed by atoms with E-state index in [1.807, 2.05) is 24.8 Å². The average molecular weight is 669 g/mol. The highest BCUT2D eigenvalue weighted by atomic mass is 16.5. The molecule has 4 rings (SSSR count). The fourth-order valence-corrected chi connectivity index (χ4v) is 6.84. The van der Waals surface area contributed by atoms with Crippen LogP contribution in [0, 0.1) is 0 Å². The number of fused-ring (bicyclic) bond motifs is 1. The number of benzene rings is 2. The highest BCUT2D eigenvalue weighted by Crippen LogP contribution is 2.38. The van der Waals surface area contributed by atoms with Crippen LogP contribution < -0.4 is 20.7 Å². The second kappa shape index (κ2) is 18.0. The number of ether oxygens (including phenoxy) is 5. The summed E-state index contributed by atoms with van der Waals surface area (Å²) in [5.41, 5.74) is 9.98. The van der Waals surface area contributed by atoms with Crippen LogP contribution >= 0.6 is 0 Å². The Morgan fingerprint density at radius 1 is 1.04 bits per heavy atom. The Hall–Kier alpha value is -3.22. The van der Waals surface area contributed by atoms with E-state index in [1.54, 1.807) is 21.1 Å². The van der Waals surface area contributed by atoms with Crippen molar-refractivity contribution >= 4 is 17.5 Å². The minimum Gasteiger partial charge on any atom is -0.490 e. The molecule has 11 nitrogen and oxygen atoms in total. The van der Waals surface area contributed by atoms with Crippen molar-refractivity contribution in [1.29, 1.82) is 0 Å². The molecule has 0 aliphatic carbocycles. The Bertz CT molecular complexity index is 1320. The number of likely N-dealkylation sites (tertiary alicyclic amines) is 1. The quantitative estimate of drug-likeness (QED) is 0.241. The van der Waals surface area contributed by atoms with Gasteiger partial charge in [0, 0.05) is 58.3 Å². The van der Waals surface area contributed by atoms with Gasteiger partial charge in [0.05, 0.1) is 50.8 Å². The molecule has 1 saturated heterocycles. The Balaban J connectivity index is 1.59. The molecule has 0 spiro atoms. The van der Waals surface area contributed by atoms with Gasteiger partial charge in [0.25, 0.3) is 0 Å². The number of nitrogens with one attached hydrogen (secondary N) is 1. The van der Waals surface area contributed by atoms with Crippen molar-refractivity contribution in [3.8, 4) is 5.75 Å². The van der Waals surface area contributed by atoms with Gasteiger partial charge in [-0.15, -0.1) is 0 Å². The lowest BCUT2D eigenvalue weighted by Gasteiger charge is -2.47. The molecule has 0 bridgehead atoms. The number of nitrogens with two attached hydrogens (primary N) is 1. The smallest absolute Gasteiger partial charge is 0.239 e. The van der Waals surface area contributed by atoms with Crippen LogP contribution in [0.25, 0.3) is 0 Å². The Morgan fingerprint density at radius 2 is 1.77 bits per heavy atom. The van der Waals surface area contributed by atoms with E-state index in [9.17, 15) is 9.59 Å². The highest BCUT2D eigenvalue weighted by molar-refractivity contribution is 5.81. The molecule has 0 aromatic heterocycles. The standard InChI is InChI=1S/C37H56N4O7/c1-26(38)36(43)41-23-35(48-25-29-10-13-34-33(20-29)40(15-17-47-34)14-7-16-44-5)32(21-31(41)22-37(3,4)39-27(2)42)30-11-8-28(9-12-30)24-46-19-18-45-6/h8-13,20,26,31-32,35H,7,14-19,21-25,38H2,1-6H3,(H,39,42)/t26-,31+,32+,35-/m0/s1. The van der Waals surface area contributed by atoms with Gasteiger partial charge in [0.15, 0.2) is 0 Å². The predicted molar refractivity (Wildman–Crippen MR) is 186 cm³/mol. The molecular weight excluding hydrogens is 612 g/mol. The summed E-state index contributed by atoms with van der Waals surface area (Å²) >= 11 is 0. The zero-order chi connectivity index (χ0) is 34.7. The van der Waals surface area contributed by atoms with Crippen molar-refractivity contribution in [2.75, 3.05) is 65.2 Å². The molecule has 2 aliphatic heterocycles. The summed E-state index contributed by atoms with van der Waals surface area (Å²) in [7, 11) is 3.39. The lowest BCUT2D eigenvalue weighted by atomic mass is 9.79. The first kappa shape index (κ1) is 37.6. The molecular formula is C37H56N4O7. The van der Waals surface area contributed by atoms with Gasteiger partial charge < -0.3 is 44.5 Å². The summed E-state index contributed by atoms with van der Waals surface area (Å²) in [6, 6.07) is 13.9. The van der Waals surface area contributed by atoms with Gasteiger partial charge in [-0.25, -0.2) is 0 Å². The van der Waals surface area contributed by atoms with E-state index in [1.165, 1.54) is 6.92 Å². The van der Waals surface area contributed by atoms with Crippen molar-refractivity contribution in [3.63, 3.8) is 0 Å². The number of amides is 2. The first-order valence-electron chi connectivity index (χ1n) is 17.1. The van der Waals surface area contributed by atoms with Gasteiger partial charge >= 0.3 is 0 Å². The zero-order valence-corrected chi connectivity index (χ0v) is 29.7. The van der Waals surface area contributed by atoms with Crippen LogP contribution in [-0.4, -0.2) is 101 Å². The Labute approximate surface area is 286 Å². The molecule has 4 atom stereocenters. The molecule has 2 aromatic rings. The predicted octanol–water partition coefficient (Wildman–Crippen LogP) is 4.01. The van der Waals surface area contributed by atoms with E-state index in [0.717, 1.165) is 47.6 Å². The lowest BCUT2D eigenvalue weighted by molar-refractivity contribution is -0.142. The second-order valence-corrected chi connectivity index (χ2v) is 13.7. The molecule has 2 heterocycles. The number of nitrogens with zero attached hydrogens (tertiary/aromatic N) is 2. The van der Waals surface area contributed by atoms with Crippen LogP contribution in [0.2, 0.25) is 0 Å². The topological polar surface area (TPSA) is 125 Å².